The molecule has 2 aliphatic rings. The number of esters is 1. The number of nitrogens with one attached hydrogen (secondary N) is 1. The van der Waals surface area contributed by atoms with Gasteiger partial charge in [-0.25, -0.2) is 4.79 Å². The molecule has 0 unspecified atom stereocenters. The molecular weight excluding hydrogens is 238 g/mol. The van der Waals surface area contributed by atoms with Crippen LogP contribution in [-0.2, 0) is 9.53 Å². The van der Waals surface area contributed by atoms with Crippen molar-refractivity contribution in [1.29, 1.82) is 0 Å². The van der Waals surface area contributed by atoms with Crippen molar-refractivity contribution >= 4 is 5.97 Å². The number of hydrogen-bond donors (Lipinski definition) is 1. The lowest BCUT2D eigenvalue weighted by molar-refractivity contribution is -0.879. The summed E-state index contributed by atoms with van der Waals surface area (Å²) in [6.45, 7) is 10.1. The van der Waals surface area contributed by atoms with Crippen LogP contribution in [0.1, 0.15) is 40.0 Å². The first kappa shape index (κ1) is 14.6. The molecule has 3 heteroatoms. The lowest BCUT2D eigenvalue weighted by Gasteiger charge is -2.32. The minimum atomic E-state index is -0.0115. The molecule has 0 radical (unpaired) electrons. The third kappa shape index (κ3) is 4.07. The Balaban J connectivity index is 1.76. The Kier molecular flexibility index (Phi) is 5.03. The van der Waals surface area contributed by atoms with E-state index in [9.17, 15) is 4.79 Å². The number of rotatable bonds is 4. The van der Waals surface area contributed by atoms with Gasteiger partial charge in [-0.15, -0.1) is 0 Å². The van der Waals surface area contributed by atoms with Gasteiger partial charge in [-0.05, 0) is 25.2 Å². The van der Waals surface area contributed by atoms with Gasteiger partial charge in [0, 0.05) is 18.8 Å². The van der Waals surface area contributed by atoms with Crippen molar-refractivity contribution in [3.8, 4) is 0 Å². The molecule has 1 N–H and O–H groups in total. The summed E-state index contributed by atoms with van der Waals surface area (Å²) in [7, 11) is 0. The lowest BCUT2D eigenvalue weighted by Crippen LogP contribution is -3.11. The van der Waals surface area contributed by atoms with E-state index < -0.39 is 0 Å². The largest absolute Gasteiger partial charge is 0.461 e. The highest BCUT2D eigenvalue weighted by atomic mass is 16.5. The molecule has 1 saturated heterocycles. The zero-order valence-corrected chi connectivity index (χ0v) is 12.6. The van der Waals surface area contributed by atoms with Gasteiger partial charge in [0.15, 0.2) is 6.54 Å². The van der Waals surface area contributed by atoms with Crippen molar-refractivity contribution in [2.75, 3.05) is 26.2 Å². The van der Waals surface area contributed by atoms with Crippen molar-refractivity contribution < 1.29 is 14.4 Å². The zero-order chi connectivity index (χ0) is 13.8. The predicted molar refractivity (Wildman–Crippen MR) is 75.9 cm³/mol. The van der Waals surface area contributed by atoms with Crippen LogP contribution in [0.15, 0.2) is 11.6 Å². The second kappa shape index (κ2) is 6.56. The van der Waals surface area contributed by atoms with Crippen LogP contribution in [0.2, 0.25) is 0 Å². The topological polar surface area (TPSA) is 30.7 Å². The molecule has 0 aromatic heterocycles. The highest BCUT2D eigenvalue weighted by Crippen LogP contribution is 2.33. The number of carbonyl (C=O) groups is 1. The van der Waals surface area contributed by atoms with Gasteiger partial charge in [-0.1, -0.05) is 25.5 Å². The first-order valence-corrected chi connectivity index (χ1v) is 7.72. The minimum absolute atomic E-state index is 0.0115. The van der Waals surface area contributed by atoms with Crippen LogP contribution in [0, 0.1) is 17.8 Å². The molecule has 0 aromatic rings. The molecule has 1 fully saturated rings. The average molecular weight is 266 g/mol. The molecule has 0 aromatic carbocycles. The maximum absolute atomic E-state index is 11.9. The second-order valence-corrected chi connectivity index (χ2v) is 6.53. The standard InChI is InChI=1S/C16H27NO2/c1-12-8-13(2)15(14(3)9-12)11-19-16(18)10-17-6-4-5-7-17/h8,13-15H,4-7,9-11H2,1-3H3/p+1/t13-,14+,15-/m0/s1. The Bertz CT molecular complexity index is 345. The van der Waals surface area contributed by atoms with Crippen LogP contribution in [0.25, 0.3) is 0 Å². The molecule has 1 aliphatic carbocycles. The Hall–Kier alpha value is -0.830. The molecule has 0 saturated carbocycles. The summed E-state index contributed by atoms with van der Waals surface area (Å²) in [5.41, 5.74) is 1.48. The van der Waals surface area contributed by atoms with Crippen molar-refractivity contribution in [1.82, 2.24) is 0 Å². The number of carbonyl (C=O) groups excluding carboxylic acids is 1. The van der Waals surface area contributed by atoms with Gasteiger partial charge in [0.2, 0.25) is 0 Å². The quantitative estimate of drug-likeness (QED) is 0.617. The third-order valence-corrected chi connectivity index (χ3v) is 4.74. The molecule has 19 heavy (non-hydrogen) atoms. The average Bonchev–Trinajstić information content (AvgIpc) is 2.80. The third-order valence-electron chi connectivity index (χ3n) is 4.74. The molecule has 0 bridgehead atoms. The summed E-state index contributed by atoms with van der Waals surface area (Å²) in [6.07, 6.45) is 5.99. The summed E-state index contributed by atoms with van der Waals surface area (Å²) >= 11 is 0. The van der Waals surface area contributed by atoms with E-state index >= 15 is 0 Å². The Morgan fingerprint density at radius 3 is 2.68 bits per heavy atom. The van der Waals surface area contributed by atoms with Crippen LogP contribution < -0.4 is 4.90 Å². The molecule has 108 valence electrons. The Labute approximate surface area is 117 Å². The molecule has 1 heterocycles. The fourth-order valence-corrected chi connectivity index (χ4v) is 3.63. The summed E-state index contributed by atoms with van der Waals surface area (Å²) in [5.74, 6) is 1.62. The van der Waals surface area contributed by atoms with Gasteiger partial charge in [-0.3, -0.25) is 0 Å². The van der Waals surface area contributed by atoms with Gasteiger partial charge < -0.3 is 9.64 Å². The van der Waals surface area contributed by atoms with E-state index in [0.29, 0.717) is 30.9 Å². The normalized spacial score (nSPS) is 32.2. The van der Waals surface area contributed by atoms with Crippen molar-refractivity contribution in [3.05, 3.63) is 11.6 Å². The highest BCUT2D eigenvalue weighted by molar-refractivity contribution is 5.70. The maximum atomic E-state index is 11.9. The first-order chi connectivity index (χ1) is 9.06. The van der Waals surface area contributed by atoms with Gasteiger partial charge in [0.1, 0.15) is 0 Å². The van der Waals surface area contributed by atoms with Gasteiger partial charge in [0.05, 0.1) is 19.7 Å². The number of quaternary nitrogens is 1. The fraction of sp³-hybridized carbons (Fsp3) is 0.812. The van der Waals surface area contributed by atoms with Crippen LogP contribution in [0.3, 0.4) is 0 Å². The highest BCUT2D eigenvalue weighted by Gasteiger charge is 2.28. The van der Waals surface area contributed by atoms with E-state index in [1.165, 1.54) is 23.3 Å². The predicted octanol–water partition coefficient (Wildman–Crippen LogP) is 1.45. The van der Waals surface area contributed by atoms with Gasteiger partial charge in [-0.2, -0.15) is 0 Å². The van der Waals surface area contributed by atoms with Crippen LogP contribution in [0.4, 0.5) is 0 Å². The SMILES string of the molecule is CC1=C[C@H](C)[C@H](COC(=O)C[NH+]2CCCC2)[C@H](C)C1. The maximum Gasteiger partial charge on any atom is 0.361 e. The smallest absolute Gasteiger partial charge is 0.361 e. The second-order valence-electron chi connectivity index (χ2n) is 6.53. The monoisotopic (exact) mass is 266 g/mol. The van der Waals surface area contributed by atoms with E-state index in [0.717, 1.165) is 19.5 Å². The minimum Gasteiger partial charge on any atom is -0.461 e. The molecule has 0 spiro atoms. The lowest BCUT2D eigenvalue weighted by atomic mass is 9.75. The van der Waals surface area contributed by atoms with E-state index in [1.54, 1.807) is 0 Å². The number of hydrogen-bond acceptors (Lipinski definition) is 2. The van der Waals surface area contributed by atoms with E-state index in [4.69, 9.17) is 4.74 Å². The summed E-state index contributed by atoms with van der Waals surface area (Å²) < 4.78 is 5.53. The summed E-state index contributed by atoms with van der Waals surface area (Å²) in [6, 6.07) is 0. The van der Waals surface area contributed by atoms with Crippen LogP contribution in [0.5, 0.6) is 0 Å². The van der Waals surface area contributed by atoms with E-state index in [-0.39, 0.29) is 5.97 Å². The van der Waals surface area contributed by atoms with Crippen molar-refractivity contribution in [3.63, 3.8) is 0 Å². The summed E-state index contributed by atoms with van der Waals surface area (Å²) in [4.78, 5) is 13.3. The first-order valence-electron chi connectivity index (χ1n) is 7.72. The zero-order valence-electron chi connectivity index (χ0n) is 12.6. The Morgan fingerprint density at radius 2 is 2.05 bits per heavy atom. The Morgan fingerprint density at radius 1 is 1.37 bits per heavy atom. The van der Waals surface area contributed by atoms with Crippen molar-refractivity contribution in [2.45, 2.75) is 40.0 Å². The molecular formula is C16H28NO2+. The molecule has 1 aliphatic heterocycles. The van der Waals surface area contributed by atoms with E-state index in [2.05, 4.69) is 26.8 Å². The summed E-state index contributed by atoms with van der Waals surface area (Å²) in [5, 5.41) is 0. The molecule has 2 rings (SSSR count). The number of allylic oxidation sites excluding steroid dienone is 2. The number of ether oxygens (including phenoxy) is 1. The van der Waals surface area contributed by atoms with Crippen LogP contribution >= 0.6 is 0 Å². The van der Waals surface area contributed by atoms with Crippen molar-refractivity contribution in [2.24, 2.45) is 17.8 Å². The fourth-order valence-electron chi connectivity index (χ4n) is 3.63. The molecule has 3 atom stereocenters. The van der Waals surface area contributed by atoms with Gasteiger partial charge >= 0.3 is 5.97 Å². The molecule has 3 nitrogen and oxygen atoms in total. The molecule has 0 amide bonds. The number of likely N-dealkylation sites (tertiary alicyclic amines) is 1. The van der Waals surface area contributed by atoms with E-state index in [1.807, 2.05) is 0 Å². The van der Waals surface area contributed by atoms with Gasteiger partial charge in [0.25, 0.3) is 0 Å². The van der Waals surface area contributed by atoms with Crippen LogP contribution in [-0.4, -0.2) is 32.2 Å².